The number of carbonyl (C=O) groups excluding carboxylic acids is 2. The maximum Gasteiger partial charge on any atom is 0.239 e. The van der Waals surface area contributed by atoms with Gasteiger partial charge in [-0.3, -0.25) is 9.59 Å². The summed E-state index contributed by atoms with van der Waals surface area (Å²) in [6.45, 7) is 1.76. The molecule has 0 atom stereocenters. The molecule has 0 bridgehead atoms. The van der Waals surface area contributed by atoms with E-state index in [2.05, 4.69) is 22.8 Å². The van der Waals surface area contributed by atoms with Crippen molar-refractivity contribution in [2.45, 2.75) is 18.3 Å². The van der Waals surface area contributed by atoms with Crippen LogP contribution < -0.4 is 16.4 Å². The van der Waals surface area contributed by atoms with Gasteiger partial charge in [0, 0.05) is 25.2 Å². The van der Waals surface area contributed by atoms with E-state index in [1.165, 1.54) is 5.56 Å². The fraction of sp³-hybridized carbons (Fsp3) is 0.500. The minimum Gasteiger partial charge on any atom is -0.381 e. The van der Waals surface area contributed by atoms with E-state index >= 15 is 0 Å². The van der Waals surface area contributed by atoms with Gasteiger partial charge in [0.1, 0.15) is 0 Å². The summed E-state index contributed by atoms with van der Waals surface area (Å²) in [5, 5.41) is 5.39. The molecule has 1 aromatic rings. The molecule has 120 valence electrons. The number of nitrogens with one attached hydrogen (secondary N) is 2. The van der Waals surface area contributed by atoms with E-state index < -0.39 is 0 Å². The van der Waals surface area contributed by atoms with Gasteiger partial charge in [0.2, 0.25) is 11.8 Å². The summed E-state index contributed by atoms with van der Waals surface area (Å²) < 4.78 is 5.46. The lowest BCUT2D eigenvalue weighted by atomic mass is 9.74. The maximum atomic E-state index is 11.9. The smallest absolute Gasteiger partial charge is 0.239 e. The summed E-state index contributed by atoms with van der Waals surface area (Å²) in [5.41, 5.74) is 6.30. The molecule has 1 aliphatic heterocycles. The molecule has 2 amide bonds. The molecule has 0 aliphatic carbocycles. The predicted octanol–water partition coefficient (Wildman–Crippen LogP) is -0.0741. The Balaban J connectivity index is 1.96. The lowest BCUT2D eigenvalue weighted by molar-refractivity contribution is -0.125. The number of hydrogen-bond donors (Lipinski definition) is 3. The van der Waals surface area contributed by atoms with E-state index in [1.54, 1.807) is 0 Å². The van der Waals surface area contributed by atoms with Crippen LogP contribution in [0.1, 0.15) is 18.4 Å². The zero-order valence-electron chi connectivity index (χ0n) is 12.6. The molecular formula is C16H23N3O3. The van der Waals surface area contributed by atoms with Crippen LogP contribution in [0.4, 0.5) is 0 Å². The molecule has 0 spiro atoms. The molecule has 0 aromatic heterocycles. The first-order valence-corrected chi connectivity index (χ1v) is 7.53. The van der Waals surface area contributed by atoms with Crippen LogP contribution in [0.2, 0.25) is 0 Å². The molecule has 1 heterocycles. The average Bonchev–Trinajstić information content (AvgIpc) is 2.59. The molecule has 0 radical (unpaired) electrons. The molecule has 1 fully saturated rings. The Morgan fingerprint density at radius 3 is 2.41 bits per heavy atom. The van der Waals surface area contributed by atoms with E-state index in [0.29, 0.717) is 19.8 Å². The van der Waals surface area contributed by atoms with Crippen molar-refractivity contribution in [2.24, 2.45) is 5.73 Å². The number of rotatable bonds is 6. The first-order valence-electron chi connectivity index (χ1n) is 7.53. The molecule has 0 saturated carbocycles. The van der Waals surface area contributed by atoms with E-state index in [4.69, 9.17) is 10.5 Å². The zero-order valence-corrected chi connectivity index (χ0v) is 12.6. The van der Waals surface area contributed by atoms with Crippen LogP contribution in [0.3, 0.4) is 0 Å². The third-order valence-electron chi connectivity index (χ3n) is 4.09. The Morgan fingerprint density at radius 2 is 1.77 bits per heavy atom. The van der Waals surface area contributed by atoms with Crippen LogP contribution in [0, 0.1) is 0 Å². The monoisotopic (exact) mass is 305 g/mol. The van der Waals surface area contributed by atoms with Gasteiger partial charge in [0.25, 0.3) is 0 Å². The molecule has 1 saturated heterocycles. The van der Waals surface area contributed by atoms with Crippen LogP contribution in [0.5, 0.6) is 0 Å². The highest BCUT2D eigenvalue weighted by molar-refractivity contribution is 5.85. The van der Waals surface area contributed by atoms with Crippen LogP contribution in [-0.4, -0.2) is 44.7 Å². The third kappa shape index (κ3) is 4.29. The van der Waals surface area contributed by atoms with Gasteiger partial charge in [-0.2, -0.15) is 0 Å². The van der Waals surface area contributed by atoms with Gasteiger partial charge in [-0.25, -0.2) is 0 Å². The normalized spacial score (nSPS) is 16.8. The topological polar surface area (TPSA) is 93.5 Å². The standard InChI is InChI=1S/C16H23N3O3/c17-10-14(20)18-11-15(21)19-12-16(6-8-22-9-7-16)13-4-2-1-3-5-13/h1-5H,6-12,17H2,(H,18,20)(H,19,21). The number of amides is 2. The summed E-state index contributed by atoms with van der Waals surface area (Å²) >= 11 is 0. The van der Waals surface area contributed by atoms with Crippen molar-refractivity contribution in [1.82, 2.24) is 10.6 Å². The van der Waals surface area contributed by atoms with Crippen LogP contribution in [-0.2, 0) is 19.7 Å². The molecule has 2 rings (SSSR count). The number of carbonyl (C=O) groups is 2. The van der Waals surface area contributed by atoms with Gasteiger partial charge in [0.05, 0.1) is 13.1 Å². The highest BCUT2D eigenvalue weighted by atomic mass is 16.5. The average molecular weight is 305 g/mol. The molecule has 6 heteroatoms. The van der Waals surface area contributed by atoms with Crippen molar-refractivity contribution in [3.05, 3.63) is 35.9 Å². The Hall–Kier alpha value is -1.92. The molecule has 6 nitrogen and oxygen atoms in total. The minimum absolute atomic E-state index is 0.0442. The quantitative estimate of drug-likeness (QED) is 0.685. The second kappa shape index (κ2) is 7.91. The number of ether oxygens (including phenoxy) is 1. The van der Waals surface area contributed by atoms with Crippen molar-refractivity contribution in [3.8, 4) is 0 Å². The van der Waals surface area contributed by atoms with Crippen molar-refractivity contribution >= 4 is 11.8 Å². The second-order valence-electron chi connectivity index (χ2n) is 5.52. The SMILES string of the molecule is NCC(=O)NCC(=O)NCC1(c2ccccc2)CCOCC1. The Kier molecular flexibility index (Phi) is 5.91. The number of nitrogens with two attached hydrogens (primary N) is 1. The summed E-state index contributed by atoms with van der Waals surface area (Å²) in [6.07, 6.45) is 1.74. The predicted molar refractivity (Wildman–Crippen MR) is 83.2 cm³/mol. The van der Waals surface area contributed by atoms with E-state index in [1.807, 2.05) is 18.2 Å². The van der Waals surface area contributed by atoms with E-state index in [-0.39, 0.29) is 30.3 Å². The minimum atomic E-state index is -0.334. The molecule has 4 N–H and O–H groups in total. The Labute approximate surface area is 130 Å². The molecular weight excluding hydrogens is 282 g/mol. The highest BCUT2D eigenvalue weighted by Gasteiger charge is 2.34. The van der Waals surface area contributed by atoms with Gasteiger partial charge in [-0.1, -0.05) is 30.3 Å². The van der Waals surface area contributed by atoms with Gasteiger partial charge in [0.15, 0.2) is 0 Å². The molecule has 0 unspecified atom stereocenters. The zero-order chi connectivity index (χ0) is 15.8. The summed E-state index contributed by atoms with van der Waals surface area (Å²) in [6, 6.07) is 10.2. The lowest BCUT2D eigenvalue weighted by Crippen LogP contribution is -2.47. The van der Waals surface area contributed by atoms with E-state index in [9.17, 15) is 9.59 Å². The third-order valence-corrected chi connectivity index (χ3v) is 4.09. The first kappa shape index (κ1) is 16.5. The summed E-state index contributed by atoms with van der Waals surface area (Å²) in [4.78, 5) is 23.0. The fourth-order valence-electron chi connectivity index (χ4n) is 2.70. The van der Waals surface area contributed by atoms with Crippen molar-refractivity contribution < 1.29 is 14.3 Å². The second-order valence-corrected chi connectivity index (χ2v) is 5.52. The van der Waals surface area contributed by atoms with Crippen LogP contribution in [0.25, 0.3) is 0 Å². The molecule has 1 aliphatic rings. The van der Waals surface area contributed by atoms with Gasteiger partial charge >= 0.3 is 0 Å². The fourth-order valence-corrected chi connectivity index (χ4v) is 2.70. The Morgan fingerprint density at radius 1 is 1.09 bits per heavy atom. The summed E-state index contributed by atoms with van der Waals surface area (Å²) in [5.74, 6) is -0.539. The van der Waals surface area contributed by atoms with Crippen LogP contribution >= 0.6 is 0 Å². The van der Waals surface area contributed by atoms with Gasteiger partial charge in [-0.15, -0.1) is 0 Å². The van der Waals surface area contributed by atoms with Crippen molar-refractivity contribution in [1.29, 1.82) is 0 Å². The highest BCUT2D eigenvalue weighted by Crippen LogP contribution is 2.34. The van der Waals surface area contributed by atoms with Gasteiger partial charge in [-0.05, 0) is 18.4 Å². The van der Waals surface area contributed by atoms with Gasteiger partial charge < -0.3 is 21.1 Å². The Bertz CT molecular complexity index is 499. The summed E-state index contributed by atoms with van der Waals surface area (Å²) in [7, 11) is 0. The molecule has 1 aromatic carbocycles. The van der Waals surface area contributed by atoms with E-state index in [0.717, 1.165) is 12.8 Å². The molecule has 22 heavy (non-hydrogen) atoms. The number of hydrogen-bond acceptors (Lipinski definition) is 4. The van der Waals surface area contributed by atoms with Crippen molar-refractivity contribution in [2.75, 3.05) is 32.8 Å². The van der Waals surface area contributed by atoms with Crippen molar-refractivity contribution in [3.63, 3.8) is 0 Å². The largest absolute Gasteiger partial charge is 0.381 e. The lowest BCUT2D eigenvalue weighted by Gasteiger charge is -2.38. The first-order chi connectivity index (χ1) is 10.7. The maximum absolute atomic E-state index is 11.9. The number of benzene rings is 1. The van der Waals surface area contributed by atoms with Crippen LogP contribution in [0.15, 0.2) is 30.3 Å².